The zero-order chi connectivity index (χ0) is 19.9. The molecule has 0 saturated heterocycles. The van der Waals surface area contributed by atoms with Crippen LogP contribution in [0, 0.1) is 11.8 Å². The van der Waals surface area contributed by atoms with Gasteiger partial charge in [0.05, 0.1) is 0 Å². The molecular formula is C22H37Cl2SiZr. The Labute approximate surface area is 170 Å². The van der Waals surface area contributed by atoms with Crippen LogP contribution in [0.3, 0.4) is 0 Å². The molecule has 0 aromatic heterocycles. The summed E-state index contributed by atoms with van der Waals surface area (Å²) in [5.41, 5.74) is 5.87. The first-order valence-electron chi connectivity index (χ1n) is 10.4. The molecule has 0 amide bonds. The van der Waals surface area contributed by atoms with Gasteiger partial charge >= 0.3 is 172 Å². The van der Waals surface area contributed by atoms with Gasteiger partial charge in [0.2, 0.25) is 0 Å². The van der Waals surface area contributed by atoms with Crippen molar-refractivity contribution in [1.82, 2.24) is 0 Å². The van der Waals surface area contributed by atoms with Gasteiger partial charge in [-0.05, 0) is 0 Å². The molecule has 0 aromatic rings. The molecule has 0 heterocycles. The first-order chi connectivity index (χ1) is 12.0. The van der Waals surface area contributed by atoms with Crippen LogP contribution < -0.4 is 0 Å². The van der Waals surface area contributed by atoms with Crippen molar-refractivity contribution in [2.45, 2.75) is 74.7 Å². The van der Waals surface area contributed by atoms with Crippen molar-refractivity contribution < 1.29 is 15.6 Å². The summed E-state index contributed by atoms with van der Waals surface area (Å²) < 4.78 is 0.633. The minimum atomic E-state index is -4.14. The van der Waals surface area contributed by atoms with Gasteiger partial charge in [-0.2, -0.15) is 0 Å². The molecule has 0 radical (unpaired) electrons. The van der Waals surface area contributed by atoms with Crippen LogP contribution in [0.25, 0.3) is 0 Å². The first-order valence-corrected chi connectivity index (χ1v) is 26.7. The third-order valence-corrected chi connectivity index (χ3v) is 58.9. The van der Waals surface area contributed by atoms with Crippen molar-refractivity contribution in [2.24, 2.45) is 11.8 Å². The molecule has 2 rings (SSSR count). The van der Waals surface area contributed by atoms with E-state index < -0.39 is 21.5 Å². The predicted octanol–water partition coefficient (Wildman–Crippen LogP) is 8.41. The van der Waals surface area contributed by atoms with Gasteiger partial charge < -0.3 is 0 Å². The molecule has 147 valence electrons. The number of hydrogen-bond donors (Lipinski definition) is 0. The molecule has 2 unspecified atom stereocenters. The first kappa shape index (κ1) is 22.9. The van der Waals surface area contributed by atoms with E-state index in [1.807, 2.05) is 0 Å². The van der Waals surface area contributed by atoms with Crippen LogP contribution in [0.15, 0.2) is 46.6 Å². The molecule has 26 heavy (non-hydrogen) atoms. The Hall–Kier alpha value is 0.640. The van der Waals surface area contributed by atoms with E-state index in [-0.39, 0.29) is 0 Å². The maximum absolute atomic E-state index is 7.90. The summed E-state index contributed by atoms with van der Waals surface area (Å²) in [5, 5.41) is 0. The summed E-state index contributed by atoms with van der Waals surface area (Å²) in [6, 6.07) is 0. The number of hydrogen-bond acceptors (Lipinski definition) is 0. The third-order valence-electron chi connectivity index (χ3n) is 6.66. The van der Waals surface area contributed by atoms with Crippen molar-refractivity contribution in [2.75, 3.05) is 0 Å². The van der Waals surface area contributed by atoms with Crippen LogP contribution in [0.1, 0.15) is 54.4 Å². The Morgan fingerprint density at radius 1 is 0.846 bits per heavy atom. The molecule has 0 aliphatic heterocycles. The third kappa shape index (κ3) is 3.74. The van der Waals surface area contributed by atoms with E-state index >= 15 is 0 Å². The van der Waals surface area contributed by atoms with E-state index in [0.717, 1.165) is 12.8 Å². The van der Waals surface area contributed by atoms with Gasteiger partial charge in [0, 0.05) is 0 Å². The molecule has 2 atom stereocenters. The molecular weight excluding hydrogens is 454 g/mol. The van der Waals surface area contributed by atoms with E-state index in [9.17, 15) is 0 Å². The Balaban J connectivity index is 2.66. The van der Waals surface area contributed by atoms with E-state index in [4.69, 9.17) is 17.0 Å². The fraction of sp³-hybridized carbons (Fsp3) is 0.636. The quantitative estimate of drug-likeness (QED) is 0.314. The fourth-order valence-corrected chi connectivity index (χ4v) is 33.5. The minimum absolute atomic E-state index is 0.316. The number of rotatable bonds is 7. The van der Waals surface area contributed by atoms with E-state index in [1.54, 1.807) is 0 Å². The SMILES string of the molecule is CCC1=CC(C(C)C)=C[CH]1[Zr]([Cl])([Cl])([CH]1C=C(C(C)C)C=C1CC)[SiH](C)C. The Morgan fingerprint density at radius 2 is 1.19 bits per heavy atom. The Kier molecular flexibility index (Phi) is 7.21. The summed E-state index contributed by atoms with van der Waals surface area (Å²) in [6.45, 7) is 18.5. The molecule has 0 aromatic carbocycles. The topological polar surface area (TPSA) is 0 Å². The summed E-state index contributed by atoms with van der Waals surface area (Å²) in [6.07, 6.45) is 11.9. The number of halogens is 2. The Bertz CT molecular complexity index is 628. The predicted molar refractivity (Wildman–Crippen MR) is 121 cm³/mol. The van der Waals surface area contributed by atoms with E-state index in [0.29, 0.717) is 19.1 Å². The Morgan fingerprint density at radius 3 is 1.42 bits per heavy atom. The molecule has 4 heteroatoms. The van der Waals surface area contributed by atoms with Gasteiger partial charge in [0.1, 0.15) is 0 Å². The second-order valence-corrected chi connectivity index (χ2v) is 51.9. The van der Waals surface area contributed by atoms with Gasteiger partial charge in [-0.3, -0.25) is 0 Å². The standard InChI is InChI=1S/2C10H15.C2H7Si.2ClH.Zr/c2*1-4-9-5-6-10(7-9)8(2)3;1-3-2;;;/h2*5-8H,4H2,1-3H3;3H,1-2H3;2*1H;/q;;;;;+2/p-2. The monoisotopic (exact) mass is 489 g/mol. The zero-order valence-electron chi connectivity index (χ0n) is 17.9. The average molecular weight is 492 g/mol. The van der Waals surface area contributed by atoms with Gasteiger partial charge in [0.15, 0.2) is 0 Å². The maximum atomic E-state index is 7.90. The van der Waals surface area contributed by atoms with Crippen molar-refractivity contribution >= 4 is 22.9 Å². The molecule has 0 spiro atoms. The van der Waals surface area contributed by atoms with Crippen LogP contribution in [-0.4, -0.2) is 5.92 Å². The molecule has 0 bridgehead atoms. The average Bonchev–Trinajstić information content (AvgIpc) is 3.19. The van der Waals surface area contributed by atoms with Crippen LogP contribution in [-0.2, 0) is 15.6 Å². The zero-order valence-corrected chi connectivity index (χ0v) is 23.0. The van der Waals surface area contributed by atoms with Gasteiger partial charge in [0.25, 0.3) is 0 Å². The van der Waals surface area contributed by atoms with Gasteiger partial charge in [-0.15, -0.1) is 0 Å². The molecule has 0 N–H and O–H groups in total. The molecule has 2 aliphatic carbocycles. The normalized spacial score (nSPS) is 25.3. The van der Waals surface area contributed by atoms with Crippen molar-refractivity contribution in [3.05, 3.63) is 46.6 Å². The fourth-order valence-electron chi connectivity index (χ4n) is 4.60. The van der Waals surface area contributed by atoms with Crippen molar-refractivity contribution in [3.8, 4) is 0 Å². The summed E-state index contributed by atoms with van der Waals surface area (Å²) in [5.74, 6) is -0.201. The van der Waals surface area contributed by atoms with Gasteiger partial charge in [-0.25, -0.2) is 0 Å². The summed E-state index contributed by atoms with van der Waals surface area (Å²) >= 11 is -4.14. The molecule has 0 fully saturated rings. The second-order valence-electron chi connectivity index (χ2n) is 9.12. The van der Waals surface area contributed by atoms with Gasteiger partial charge in [-0.1, -0.05) is 0 Å². The number of allylic oxidation sites excluding steroid dienone is 8. The summed E-state index contributed by atoms with van der Waals surface area (Å²) in [7, 11) is 15.8. The summed E-state index contributed by atoms with van der Waals surface area (Å²) in [4.78, 5) is 0. The van der Waals surface area contributed by atoms with Crippen LogP contribution in [0.5, 0.6) is 0 Å². The molecule has 0 nitrogen and oxygen atoms in total. The van der Waals surface area contributed by atoms with Crippen molar-refractivity contribution in [1.29, 1.82) is 0 Å². The second kappa shape index (κ2) is 8.17. The van der Waals surface area contributed by atoms with Crippen LogP contribution in [0.4, 0.5) is 0 Å². The molecule has 2 aliphatic rings. The van der Waals surface area contributed by atoms with E-state index in [2.05, 4.69) is 78.9 Å². The van der Waals surface area contributed by atoms with Crippen LogP contribution in [0.2, 0.25) is 20.3 Å². The van der Waals surface area contributed by atoms with Crippen LogP contribution >= 0.6 is 17.0 Å². The van der Waals surface area contributed by atoms with Crippen molar-refractivity contribution in [3.63, 3.8) is 0 Å². The molecule has 0 saturated carbocycles. The van der Waals surface area contributed by atoms with E-state index in [1.165, 1.54) is 22.3 Å².